The number of likely N-dealkylation sites (N-methyl/N-ethyl adjacent to an activating group) is 1. The van der Waals surface area contributed by atoms with Gasteiger partial charge in [0.15, 0.2) is 0 Å². The number of nitrogens with zero attached hydrogens (tertiary/aromatic N) is 2. The molecule has 1 aromatic carbocycles. The van der Waals surface area contributed by atoms with E-state index in [0.717, 1.165) is 19.7 Å². The molecule has 3 nitrogen and oxygen atoms in total. The van der Waals surface area contributed by atoms with Crippen LogP contribution in [0.2, 0.25) is 0 Å². The first-order valence-corrected chi connectivity index (χ1v) is 6.80. The van der Waals surface area contributed by atoms with Gasteiger partial charge in [0.2, 0.25) is 0 Å². The molecular formula is C15H24N2O. The third-order valence-corrected chi connectivity index (χ3v) is 3.79. The molecule has 1 atom stereocenters. The van der Waals surface area contributed by atoms with E-state index in [4.69, 9.17) is 4.74 Å². The van der Waals surface area contributed by atoms with E-state index >= 15 is 0 Å². The highest BCUT2D eigenvalue weighted by Gasteiger charge is 2.22. The van der Waals surface area contributed by atoms with Crippen LogP contribution in [-0.4, -0.2) is 51.3 Å². The van der Waals surface area contributed by atoms with Gasteiger partial charge in [-0.15, -0.1) is 0 Å². The summed E-state index contributed by atoms with van der Waals surface area (Å²) in [6.45, 7) is 4.14. The quantitative estimate of drug-likeness (QED) is 0.795. The molecule has 1 saturated heterocycles. The molecular weight excluding hydrogens is 224 g/mol. The zero-order valence-corrected chi connectivity index (χ0v) is 11.5. The first-order valence-electron chi connectivity index (χ1n) is 6.80. The van der Waals surface area contributed by atoms with E-state index in [1.165, 1.54) is 25.1 Å². The van der Waals surface area contributed by atoms with E-state index in [1.807, 2.05) is 0 Å². The largest absolute Gasteiger partial charge is 0.383 e. The summed E-state index contributed by atoms with van der Waals surface area (Å²) in [7, 11) is 3.98. The maximum absolute atomic E-state index is 5.16. The minimum Gasteiger partial charge on any atom is -0.383 e. The van der Waals surface area contributed by atoms with Crippen molar-refractivity contribution >= 4 is 5.69 Å². The molecule has 0 aliphatic carbocycles. The molecule has 1 aliphatic rings. The van der Waals surface area contributed by atoms with Crippen molar-refractivity contribution in [2.24, 2.45) is 0 Å². The lowest BCUT2D eigenvalue weighted by Gasteiger charge is -2.38. The van der Waals surface area contributed by atoms with Crippen LogP contribution in [0, 0.1) is 0 Å². The monoisotopic (exact) mass is 248 g/mol. The Labute approximate surface area is 110 Å². The van der Waals surface area contributed by atoms with Gasteiger partial charge in [-0.1, -0.05) is 18.2 Å². The van der Waals surface area contributed by atoms with Crippen molar-refractivity contribution in [2.45, 2.75) is 18.9 Å². The van der Waals surface area contributed by atoms with Gasteiger partial charge in [-0.3, -0.25) is 4.90 Å². The second-order valence-electron chi connectivity index (χ2n) is 5.05. The highest BCUT2D eigenvalue weighted by atomic mass is 16.5. The second-order valence-corrected chi connectivity index (χ2v) is 5.05. The molecule has 100 valence electrons. The standard InChI is InChI=1S/C15H24N2O/c1-16(11-12-18-2)15-9-6-10-17(13-15)14-7-4-3-5-8-14/h3-5,7-8,15H,6,9-13H2,1-2H3/t15-/m1/s1. The van der Waals surface area contributed by atoms with Crippen molar-refractivity contribution in [1.29, 1.82) is 0 Å². The van der Waals surface area contributed by atoms with Crippen LogP contribution < -0.4 is 4.90 Å². The normalized spacial score (nSPS) is 20.4. The summed E-state index contributed by atoms with van der Waals surface area (Å²) in [4.78, 5) is 4.93. The van der Waals surface area contributed by atoms with Gasteiger partial charge in [0.1, 0.15) is 0 Å². The van der Waals surface area contributed by atoms with Gasteiger partial charge in [0.25, 0.3) is 0 Å². The van der Waals surface area contributed by atoms with Crippen molar-refractivity contribution in [3.05, 3.63) is 30.3 Å². The molecule has 0 amide bonds. The molecule has 0 saturated carbocycles. The Morgan fingerprint density at radius 3 is 2.83 bits per heavy atom. The molecule has 1 heterocycles. The minimum absolute atomic E-state index is 0.647. The lowest BCUT2D eigenvalue weighted by atomic mass is 10.0. The van der Waals surface area contributed by atoms with Crippen LogP contribution in [0.3, 0.4) is 0 Å². The van der Waals surface area contributed by atoms with E-state index in [-0.39, 0.29) is 0 Å². The summed E-state index contributed by atoms with van der Waals surface area (Å²) in [5, 5.41) is 0. The maximum atomic E-state index is 5.16. The Balaban J connectivity index is 1.92. The molecule has 0 N–H and O–H groups in total. The van der Waals surface area contributed by atoms with E-state index in [2.05, 4.69) is 47.2 Å². The van der Waals surface area contributed by atoms with Crippen LogP contribution in [0.4, 0.5) is 5.69 Å². The van der Waals surface area contributed by atoms with Crippen LogP contribution in [0.25, 0.3) is 0 Å². The van der Waals surface area contributed by atoms with Crippen LogP contribution >= 0.6 is 0 Å². The van der Waals surface area contributed by atoms with Gasteiger partial charge in [0, 0.05) is 38.5 Å². The third-order valence-electron chi connectivity index (χ3n) is 3.79. The van der Waals surface area contributed by atoms with Gasteiger partial charge in [-0.05, 0) is 32.0 Å². The van der Waals surface area contributed by atoms with E-state index < -0.39 is 0 Å². The van der Waals surface area contributed by atoms with Crippen LogP contribution in [0.15, 0.2) is 30.3 Å². The summed E-state index contributed by atoms with van der Waals surface area (Å²) >= 11 is 0. The zero-order valence-electron chi connectivity index (χ0n) is 11.5. The molecule has 3 heteroatoms. The molecule has 0 radical (unpaired) electrons. The van der Waals surface area contributed by atoms with Crippen molar-refractivity contribution in [3.63, 3.8) is 0 Å². The Bertz CT molecular complexity index is 342. The van der Waals surface area contributed by atoms with Gasteiger partial charge in [0.05, 0.1) is 6.61 Å². The first-order chi connectivity index (χ1) is 8.81. The highest BCUT2D eigenvalue weighted by molar-refractivity contribution is 5.46. The summed E-state index contributed by atoms with van der Waals surface area (Å²) in [6, 6.07) is 11.4. The number of hydrogen-bond acceptors (Lipinski definition) is 3. The van der Waals surface area contributed by atoms with Crippen molar-refractivity contribution < 1.29 is 4.74 Å². The van der Waals surface area contributed by atoms with Crippen LogP contribution in [0.5, 0.6) is 0 Å². The number of benzene rings is 1. The lowest BCUT2D eigenvalue weighted by Crippen LogP contribution is -2.47. The predicted molar refractivity (Wildman–Crippen MR) is 76.2 cm³/mol. The van der Waals surface area contributed by atoms with Gasteiger partial charge in [-0.2, -0.15) is 0 Å². The Morgan fingerprint density at radius 1 is 1.33 bits per heavy atom. The summed E-state index contributed by atoms with van der Waals surface area (Å²) in [5.74, 6) is 0. The topological polar surface area (TPSA) is 15.7 Å². The van der Waals surface area contributed by atoms with Crippen LogP contribution in [0.1, 0.15) is 12.8 Å². The van der Waals surface area contributed by atoms with E-state index in [0.29, 0.717) is 6.04 Å². The van der Waals surface area contributed by atoms with Crippen molar-refractivity contribution in [1.82, 2.24) is 4.90 Å². The molecule has 1 aromatic rings. The zero-order chi connectivity index (χ0) is 12.8. The number of hydrogen-bond donors (Lipinski definition) is 0. The smallest absolute Gasteiger partial charge is 0.0589 e. The average Bonchev–Trinajstić information content (AvgIpc) is 2.46. The molecule has 2 rings (SSSR count). The molecule has 0 unspecified atom stereocenters. The maximum Gasteiger partial charge on any atom is 0.0589 e. The number of ether oxygens (including phenoxy) is 1. The molecule has 0 bridgehead atoms. The number of rotatable bonds is 5. The van der Waals surface area contributed by atoms with Crippen molar-refractivity contribution in [3.8, 4) is 0 Å². The third kappa shape index (κ3) is 3.47. The average molecular weight is 248 g/mol. The second kappa shape index (κ2) is 6.76. The fraction of sp³-hybridized carbons (Fsp3) is 0.600. The SMILES string of the molecule is COCCN(C)[C@@H]1CCCN(c2ccccc2)C1. The first kappa shape index (κ1) is 13.4. The molecule has 1 fully saturated rings. The molecule has 1 aliphatic heterocycles. The predicted octanol–water partition coefficient (Wildman–Crippen LogP) is 2.23. The fourth-order valence-electron chi connectivity index (χ4n) is 2.61. The number of methoxy groups -OCH3 is 1. The highest BCUT2D eigenvalue weighted by Crippen LogP contribution is 2.21. The van der Waals surface area contributed by atoms with E-state index in [1.54, 1.807) is 7.11 Å². The summed E-state index contributed by atoms with van der Waals surface area (Å²) < 4.78 is 5.16. The van der Waals surface area contributed by atoms with Crippen LogP contribution in [-0.2, 0) is 4.74 Å². The van der Waals surface area contributed by atoms with E-state index in [9.17, 15) is 0 Å². The number of para-hydroxylation sites is 1. The van der Waals surface area contributed by atoms with Crippen molar-refractivity contribution in [2.75, 3.05) is 45.3 Å². The lowest BCUT2D eigenvalue weighted by molar-refractivity contribution is 0.132. The Kier molecular flexibility index (Phi) is 5.02. The fourth-order valence-corrected chi connectivity index (χ4v) is 2.61. The minimum atomic E-state index is 0.647. The Morgan fingerprint density at radius 2 is 2.11 bits per heavy atom. The molecule has 18 heavy (non-hydrogen) atoms. The molecule has 0 aromatic heterocycles. The number of anilines is 1. The number of piperidine rings is 1. The summed E-state index contributed by atoms with van der Waals surface area (Å²) in [5.41, 5.74) is 1.35. The summed E-state index contributed by atoms with van der Waals surface area (Å²) in [6.07, 6.45) is 2.57. The van der Waals surface area contributed by atoms with Gasteiger partial charge in [-0.25, -0.2) is 0 Å². The molecule has 0 spiro atoms. The van der Waals surface area contributed by atoms with Gasteiger partial charge >= 0.3 is 0 Å². The van der Waals surface area contributed by atoms with Gasteiger partial charge < -0.3 is 9.64 Å². The Hall–Kier alpha value is -1.06.